The maximum Gasteiger partial charge on any atom is 0.258 e. The summed E-state index contributed by atoms with van der Waals surface area (Å²) < 4.78 is 1.91. The highest BCUT2D eigenvalue weighted by Crippen LogP contribution is 2.33. The minimum absolute atomic E-state index is 0.218. The fourth-order valence-electron chi connectivity index (χ4n) is 5.05. The van der Waals surface area contributed by atoms with Crippen LogP contribution in [0.4, 0.5) is 5.95 Å². The number of carbonyl (C=O) groups excluding carboxylic acids is 2. The molecule has 0 radical (unpaired) electrons. The Morgan fingerprint density at radius 3 is 2.66 bits per heavy atom. The van der Waals surface area contributed by atoms with Gasteiger partial charge in [-0.15, -0.1) is 0 Å². The lowest BCUT2D eigenvalue weighted by atomic mass is 9.95. The maximum atomic E-state index is 13.4. The topological polar surface area (TPSA) is 76.3 Å². The second-order valence-corrected chi connectivity index (χ2v) is 10.2. The molecule has 0 unspecified atom stereocenters. The quantitative estimate of drug-likeness (QED) is 0.272. The van der Waals surface area contributed by atoms with Gasteiger partial charge in [-0.05, 0) is 78.1 Å². The molecule has 4 aromatic rings. The van der Waals surface area contributed by atoms with Crippen LogP contribution in [0, 0.1) is 5.92 Å². The molecule has 1 fully saturated rings. The molecule has 6 rings (SSSR count). The van der Waals surface area contributed by atoms with Crippen molar-refractivity contribution in [2.24, 2.45) is 10.9 Å². The van der Waals surface area contributed by atoms with E-state index in [0.717, 1.165) is 40.9 Å². The monoisotopic (exact) mass is 502 g/mol. The summed E-state index contributed by atoms with van der Waals surface area (Å²) in [5.74, 6) is 1.22. The van der Waals surface area contributed by atoms with Crippen LogP contribution in [0.3, 0.4) is 0 Å². The molecule has 1 aromatic heterocycles. The SMILES string of the molecule is O=C(CCCc1cn(-c2ccccc2)c(NC(=O)c2cccc(-c3cccc4c3CN=C4)c2)n1)CC1CC1. The van der Waals surface area contributed by atoms with Gasteiger partial charge in [-0.1, -0.05) is 48.5 Å². The van der Waals surface area contributed by atoms with E-state index in [2.05, 4.69) is 22.4 Å². The molecular formula is C32H30N4O2. The number of nitrogens with one attached hydrogen (secondary N) is 1. The van der Waals surface area contributed by atoms with Crippen molar-refractivity contribution in [3.63, 3.8) is 0 Å². The number of hydrogen-bond acceptors (Lipinski definition) is 4. The Kier molecular flexibility index (Phi) is 6.69. The molecule has 2 aliphatic rings. The Morgan fingerprint density at radius 2 is 1.82 bits per heavy atom. The highest BCUT2D eigenvalue weighted by atomic mass is 16.1. The van der Waals surface area contributed by atoms with Gasteiger partial charge < -0.3 is 0 Å². The van der Waals surface area contributed by atoms with Crippen molar-refractivity contribution in [2.45, 2.75) is 45.1 Å². The van der Waals surface area contributed by atoms with Crippen LogP contribution < -0.4 is 5.32 Å². The molecule has 0 spiro atoms. The molecule has 1 amide bonds. The maximum absolute atomic E-state index is 13.4. The summed E-state index contributed by atoms with van der Waals surface area (Å²) in [6.45, 7) is 0.658. The summed E-state index contributed by atoms with van der Waals surface area (Å²) in [6, 6.07) is 23.7. The number of hydrogen-bond donors (Lipinski definition) is 1. The van der Waals surface area contributed by atoms with Crippen molar-refractivity contribution in [3.8, 4) is 16.8 Å². The standard InChI is InChI=1S/C32H30N4O2/c37-28(17-22-15-16-22)13-6-10-26-21-36(27-11-2-1-3-12-27)32(34-26)35-31(38)24-8-4-7-23(18-24)29-14-5-9-25-19-33-20-30(25)29/h1-5,7-9,11-12,14,18-19,21-22H,6,10,13,15-17,20H2,(H,34,35,38). The zero-order chi connectivity index (χ0) is 25.9. The Balaban J connectivity index is 1.21. The smallest absolute Gasteiger partial charge is 0.258 e. The first-order valence-electron chi connectivity index (χ1n) is 13.3. The van der Waals surface area contributed by atoms with Crippen LogP contribution in [-0.4, -0.2) is 27.5 Å². The molecule has 0 saturated heterocycles. The van der Waals surface area contributed by atoms with Crippen LogP contribution in [0.1, 0.15) is 59.3 Å². The van der Waals surface area contributed by atoms with Crippen LogP contribution in [0.5, 0.6) is 0 Å². The van der Waals surface area contributed by atoms with Crippen molar-refractivity contribution in [1.82, 2.24) is 9.55 Å². The largest absolute Gasteiger partial charge is 0.300 e. The number of amides is 1. The summed E-state index contributed by atoms with van der Waals surface area (Å²) in [4.78, 5) is 34.7. The molecule has 0 atom stereocenters. The predicted molar refractivity (Wildman–Crippen MR) is 150 cm³/mol. The van der Waals surface area contributed by atoms with Crippen LogP contribution in [0.25, 0.3) is 16.8 Å². The van der Waals surface area contributed by atoms with E-state index in [-0.39, 0.29) is 5.91 Å². The van der Waals surface area contributed by atoms with Crippen molar-refractivity contribution in [2.75, 3.05) is 5.32 Å². The third kappa shape index (κ3) is 5.35. The minimum atomic E-state index is -0.218. The molecule has 2 heterocycles. The van der Waals surface area contributed by atoms with E-state index < -0.39 is 0 Å². The Bertz CT molecular complexity index is 1520. The number of nitrogens with zero attached hydrogens (tertiary/aromatic N) is 3. The first-order valence-corrected chi connectivity index (χ1v) is 13.3. The number of rotatable bonds is 10. The normalized spacial score (nSPS) is 13.9. The Hall–Kier alpha value is -4.32. The molecule has 38 heavy (non-hydrogen) atoms. The lowest BCUT2D eigenvalue weighted by molar-refractivity contribution is -0.119. The van der Waals surface area contributed by atoms with Gasteiger partial charge in [-0.25, -0.2) is 4.98 Å². The van der Waals surface area contributed by atoms with Gasteiger partial charge in [0.05, 0.1) is 12.2 Å². The van der Waals surface area contributed by atoms with Crippen LogP contribution in [0.2, 0.25) is 0 Å². The molecule has 1 N–H and O–H groups in total. The van der Waals surface area contributed by atoms with Crippen molar-refractivity contribution < 1.29 is 9.59 Å². The number of benzene rings is 3. The average molecular weight is 503 g/mol. The molecule has 0 bridgehead atoms. The number of imidazole rings is 1. The van der Waals surface area contributed by atoms with Gasteiger partial charge in [0.1, 0.15) is 5.78 Å². The highest BCUT2D eigenvalue weighted by Gasteiger charge is 2.24. The van der Waals surface area contributed by atoms with Crippen LogP contribution in [-0.2, 0) is 17.8 Å². The van der Waals surface area contributed by atoms with E-state index >= 15 is 0 Å². The van der Waals surface area contributed by atoms with E-state index in [9.17, 15) is 9.59 Å². The molecule has 1 aliphatic carbocycles. The summed E-state index contributed by atoms with van der Waals surface area (Å²) in [5, 5.41) is 3.03. The van der Waals surface area contributed by atoms with Crippen LogP contribution in [0.15, 0.2) is 84.0 Å². The van der Waals surface area contributed by atoms with Gasteiger partial charge in [0.15, 0.2) is 0 Å². The fraction of sp³-hybridized carbons (Fsp3) is 0.250. The van der Waals surface area contributed by atoms with E-state index in [1.54, 1.807) is 0 Å². The first-order chi connectivity index (χ1) is 18.6. The lowest BCUT2D eigenvalue weighted by Crippen LogP contribution is -2.15. The summed E-state index contributed by atoms with van der Waals surface area (Å²) >= 11 is 0. The molecule has 6 heteroatoms. The average Bonchev–Trinajstić information content (AvgIpc) is 3.46. The first kappa shape index (κ1) is 24.0. The third-order valence-electron chi connectivity index (χ3n) is 7.25. The number of Topliss-reactive ketones (excluding diaryl/α,β-unsaturated/α-hetero) is 1. The van der Waals surface area contributed by atoms with Crippen molar-refractivity contribution in [3.05, 3.63) is 101 Å². The Morgan fingerprint density at radius 1 is 0.974 bits per heavy atom. The molecule has 1 aliphatic heterocycles. The van der Waals surface area contributed by atoms with Gasteiger partial charge in [-0.3, -0.25) is 24.5 Å². The second kappa shape index (κ2) is 10.6. The highest BCUT2D eigenvalue weighted by molar-refractivity contribution is 6.04. The number of aliphatic imine (C=N–C) groups is 1. The van der Waals surface area contributed by atoms with Crippen molar-refractivity contribution in [1.29, 1.82) is 0 Å². The zero-order valence-electron chi connectivity index (χ0n) is 21.3. The number of anilines is 1. The minimum Gasteiger partial charge on any atom is -0.300 e. The van der Waals surface area contributed by atoms with E-state index in [1.807, 2.05) is 77.6 Å². The zero-order valence-corrected chi connectivity index (χ0v) is 21.3. The van der Waals surface area contributed by atoms with Gasteiger partial charge >= 0.3 is 0 Å². The lowest BCUT2D eigenvalue weighted by Gasteiger charge is -2.11. The number of ketones is 1. The predicted octanol–water partition coefficient (Wildman–Crippen LogP) is 6.42. The summed E-state index contributed by atoms with van der Waals surface area (Å²) in [7, 11) is 0. The summed E-state index contributed by atoms with van der Waals surface area (Å²) in [5.41, 5.74) is 6.74. The fourth-order valence-corrected chi connectivity index (χ4v) is 5.05. The molecule has 3 aromatic carbocycles. The molecule has 1 saturated carbocycles. The number of aryl methyl sites for hydroxylation is 1. The van der Waals surface area contributed by atoms with Gasteiger partial charge in [0.25, 0.3) is 5.91 Å². The molecular weight excluding hydrogens is 472 g/mol. The second-order valence-electron chi connectivity index (χ2n) is 10.2. The van der Waals surface area contributed by atoms with E-state index in [0.29, 0.717) is 42.6 Å². The Labute approximate surface area is 222 Å². The number of carbonyl (C=O) groups is 2. The van der Waals surface area contributed by atoms with E-state index in [1.165, 1.54) is 18.4 Å². The van der Waals surface area contributed by atoms with Gasteiger partial charge in [0.2, 0.25) is 5.95 Å². The number of para-hydroxylation sites is 1. The number of fused-ring (bicyclic) bond motifs is 1. The molecule has 6 nitrogen and oxygen atoms in total. The van der Waals surface area contributed by atoms with Crippen LogP contribution >= 0.6 is 0 Å². The molecule has 190 valence electrons. The van der Waals surface area contributed by atoms with Gasteiger partial charge in [0, 0.05) is 36.5 Å². The third-order valence-corrected chi connectivity index (χ3v) is 7.25. The number of aromatic nitrogens is 2. The van der Waals surface area contributed by atoms with E-state index in [4.69, 9.17) is 4.98 Å². The van der Waals surface area contributed by atoms with Gasteiger partial charge in [-0.2, -0.15) is 0 Å². The summed E-state index contributed by atoms with van der Waals surface area (Å²) in [6.07, 6.45) is 9.00. The van der Waals surface area contributed by atoms with Crippen molar-refractivity contribution >= 4 is 23.9 Å².